The third-order valence-corrected chi connectivity index (χ3v) is 4.29. The second kappa shape index (κ2) is 6.21. The van der Waals surface area contributed by atoms with Crippen LogP contribution in [0.15, 0.2) is 11.3 Å². The molecular formula is C14H23FN6O. The van der Waals surface area contributed by atoms with Gasteiger partial charge in [-0.05, 0) is 13.8 Å². The Hall–Kier alpha value is -1.67. The largest absolute Gasteiger partial charge is 0.468 e. The maximum Gasteiger partial charge on any atom is 0.295 e. The van der Waals surface area contributed by atoms with E-state index in [2.05, 4.69) is 25.5 Å². The van der Waals surface area contributed by atoms with E-state index in [1.165, 1.54) is 0 Å². The Labute approximate surface area is 129 Å². The predicted molar refractivity (Wildman–Crippen MR) is 81.8 cm³/mol. The van der Waals surface area contributed by atoms with Crippen molar-refractivity contribution >= 4 is 11.8 Å². The average molecular weight is 310 g/mol. The molecule has 122 valence electrons. The Morgan fingerprint density at radius 1 is 1.41 bits per heavy atom. The second-order valence-corrected chi connectivity index (χ2v) is 5.74. The monoisotopic (exact) mass is 310 g/mol. The van der Waals surface area contributed by atoms with Crippen LogP contribution >= 0.6 is 0 Å². The molecule has 7 nitrogen and oxygen atoms in total. The minimum absolute atomic E-state index is 0.114. The summed E-state index contributed by atoms with van der Waals surface area (Å²) in [6.45, 7) is 6.64. The Balaban J connectivity index is 1.89. The van der Waals surface area contributed by atoms with Gasteiger partial charge in [0.25, 0.3) is 6.02 Å². The van der Waals surface area contributed by atoms with Gasteiger partial charge in [0.1, 0.15) is 11.9 Å². The van der Waals surface area contributed by atoms with E-state index in [4.69, 9.17) is 4.74 Å². The number of alkyl halides is 1. The van der Waals surface area contributed by atoms with Crippen molar-refractivity contribution in [3.63, 3.8) is 0 Å². The van der Waals surface area contributed by atoms with Gasteiger partial charge >= 0.3 is 0 Å². The summed E-state index contributed by atoms with van der Waals surface area (Å²) in [5.74, 6) is 0.689. The minimum Gasteiger partial charge on any atom is -0.468 e. The van der Waals surface area contributed by atoms with Crippen LogP contribution in [0.5, 0.6) is 0 Å². The number of nitrogens with one attached hydrogen (secondary N) is 2. The van der Waals surface area contributed by atoms with Crippen LogP contribution in [-0.4, -0.2) is 59.6 Å². The van der Waals surface area contributed by atoms with Gasteiger partial charge in [-0.1, -0.05) is 0 Å². The number of aromatic nitrogens is 2. The molecule has 3 rings (SSSR count). The second-order valence-electron chi connectivity index (χ2n) is 5.74. The lowest BCUT2D eigenvalue weighted by molar-refractivity contribution is 0.174. The molecule has 0 spiro atoms. The predicted octanol–water partition coefficient (Wildman–Crippen LogP) is 0.771. The number of methoxy groups -OCH3 is 1. The normalized spacial score (nSPS) is 24.5. The quantitative estimate of drug-likeness (QED) is 0.863. The van der Waals surface area contributed by atoms with Crippen molar-refractivity contribution in [2.24, 2.45) is 4.99 Å². The molecule has 1 aromatic heterocycles. The number of piperazine rings is 1. The lowest BCUT2D eigenvalue weighted by Crippen LogP contribution is -2.59. The lowest BCUT2D eigenvalue weighted by Gasteiger charge is -2.37. The molecule has 1 unspecified atom stereocenters. The summed E-state index contributed by atoms with van der Waals surface area (Å²) in [6.07, 6.45) is 0.808. The van der Waals surface area contributed by atoms with Gasteiger partial charge in [-0.3, -0.25) is 5.32 Å². The number of halogens is 1. The SMILES string of the molecule is COC1=Nc2c(ncn2[C@@H](C)[C@@H](C)F)CN1C1CNCCN1. The zero-order chi connectivity index (χ0) is 15.7. The number of imidazole rings is 1. The number of amidine groups is 1. The maximum absolute atomic E-state index is 13.6. The molecule has 1 saturated heterocycles. The van der Waals surface area contributed by atoms with Gasteiger partial charge in [0.15, 0.2) is 5.82 Å². The summed E-state index contributed by atoms with van der Waals surface area (Å²) in [7, 11) is 1.61. The Morgan fingerprint density at radius 2 is 2.23 bits per heavy atom. The van der Waals surface area contributed by atoms with E-state index in [0.29, 0.717) is 18.4 Å². The number of hydrogen-bond acceptors (Lipinski definition) is 6. The molecule has 2 N–H and O–H groups in total. The van der Waals surface area contributed by atoms with Gasteiger partial charge < -0.3 is 19.5 Å². The summed E-state index contributed by atoms with van der Waals surface area (Å²) >= 11 is 0. The highest BCUT2D eigenvalue weighted by Gasteiger charge is 2.31. The fourth-order valence-electron chi connectivity index (χ4n) is 2.80. The van der Waals surface area contributed by atoms with Crippen LogP contribution in [0.1, 0.15) is 25.6 Å². The third-order valence-electron chi connectivity index (χ3n) is 4.29. The van der Waals surface area contributed by atoms with Crippen LogP contribution in [0, 0.1) is 0 Å². The number of ether oxygens (including phenoxy) is 1. The first kappa shape index (κ1) is 15.2. The van der Waals surface area contributed by atoms with Crippen molar-refractivity contribution in [1.29, 1.82) is 0 Å². The molecule has 0 aliphatic carbocycles. The topological polar surface area (TPSA) is 66.7 Å². The highest BCUT2D eigenvalue weighted by molar-refractivity contribution is 5.79. The van der Waals surface area contributed by atoms with Gasteiger partial charge in [0.2, 0.25) is 0 Å². The van der Waals surface area contributed by atoms with E-state index < -0.39 is 6.17 Å². The number of fused-ring (bicyclic) bond motifs is 1. The van der Waals surface area contributed by atoms with Gasteiger partial charge in [-0.2, -0.15) is 4.99 Å². The first-order valence-corrected chi connectivity index (χ1v) is 7.65. The minimum atomic E-state index is -0.971. The van der Waals surface area contributed by atoms with Crippen LogP contribution in [0.4, 0.5) is 10.2 Å². The number of nitrogens with zero attached hydrogens (tertiary/aromatic N) is 4. The van der Waals surface area contributed by atoms with Crippen molar-refractivity contribution in [3.8, 4) is 0 Å². The third kappa shape index (κ3) is 2.68. The first-order valence-electron chi connectivity index (χ1n) is 7.65. The van der Waals surface area contributed by atoms with Crippen molar-refractivity contribution in [2.75, 3.05) is 26.7 Å². The molecule has 0 radical (unpaired) electrons. The summed E-state index contributed by atoms with van der Waals surface area (Å²) in [5, 5.41) is 6.79. The van der Waals surface area contributed by atoms with E-state index in [0.717, 1.165) is 25.3 Å². The molecular weight excluding hydrogens is 287 g/mol. The molecule has 1 aromatic rings. The molecule has 0 amide bonds. The molecule has 8 heteroatoms. The molecule has 3 atom stereocenters. The van der Waals surface area contributed by atoms with E-state index in [1.54, 1.807) is 24.9 Å². The average Bonchev–Trinajstić information content (AvgIpc) is 2.96. The zero-order valence-corrected chi connectivity index (χ0v) is 13.2. The molecule has 3 heterocycles. The van der Waals surface area contributed by atoms with Crippen LogP contribution in [0.2, 0.25) is 0 Å². The fourth-order valence-corrected chi connectivity index (χ4v) is 2.80. The summed E-state index contributed by atoms with van der Waals surface area (Å²) in [4.78, 5) is 11.0. The van der Waals surface area contributed by atoms with Crippen molar-refractivity contribution in [1.82, 2.24) is 25.1 Å². The van der Waals surface area contributed by atoms with Crippen molar-refractivity contribution in [2.45, 2.75) is 38.8 Å². The number of rotatable bonds is 3. The highest BCUT2D eigenvalue weighted by atomic mass is 19.1. The number of hydrogen-bond donors (Lipinski definition) is 2. The molecule has 2 aliphatic rings. The summed E-state index contributed by atoms with van der Waals surface area (Å²) < 4.78 is 20.9. The van der Waals surface area contributed by atoms with E-state index in [9.17, 15) is 4.39 Å². The van der Waals surface area contributed by atoms with Gasteiger partial charge in [0, 0.05) is 19.6 Å². The summed E-state index contributed by atoms with van der Waals surface area (Å²) in [5.41, 5.74) is 0.848. The summed E-state index contributed by atoms with van der Waals surface area (Å²) in [6, 6.07) is 0.230. The Morgan fingerprint density at radius 3 is 2.86 bits per heavy atom. The molecule has 0 aromatic carbocycles. The van der Waals surface area contributed by atoms with Gasteiger partial charge in [-0.15, -0.1) is 0 Å². The van der Waals surface area contributed by atoms with Crippen molar-refractivity contribution in [3.05, 3.63) is 12.0 Å². The Bertz CT molecular complexity index is 552. The van der Waals surface area contributed by atoms with Crippen LogP contribution in [0.25, 0.3) is 0 Å². The molecule has 1 fully saturated rings. The first-order chi connectivity index (χ1) is 10.6. The lowest BCUT2D eigenvalue weighted by atomic mass is 10.2. The highest BCUT2D eigenvalue weighted by Crippen LogP contribution is 2.30. The van der Waals surface area contributed by atoms with E-state index >= 15 is 0 Å². The van der Waals surface area contributed by atoms with E-state index in [1.807, 2.05) is 6.92 Å². The molecule has 0 saturated carbocycles. The fraction of sp³-hybridized carbons (Fsp3) is 0.714. The molecule has 2 aliphatic heterocycles. The van der Waals surface area contributed by atoms with Gasteiger partial charge in [0.05, 0.1) is 32.2 Å². The van der Waals surface area contributed by atoms with E-state index in [-0.39, 0.29) is 12.2 Å². The maximum atomic E-state index is 13.6. The van der Waals surface area contributed by atoms with Gasteiger partial charge in [-0.25, -0.2) is 9.37 Å². The van der Waals surface area contributed by atoms with Crippen LogP contribution in [-0.2, 0) is 11.3 Å². The van der Waals surface area contributed by atoms with Crippen molar-refractivity contribution < 1.29 is 9.13 Å². The van der Waals surface area contributed by atoms with Crippen LogP contribution in [0.3, 0.4) is 0 Å². The number of aliphatic imine (C=N–C) groups is 1. The molecule has 22 heavy (non-hydrogen) atoms. The molecule has 0 bridgehead atoms. The standard InChI is InChI=1S/C14H23FN6O/c1-9(15)10(2)21-8-18-11-7-20(12-6-16-4-5-17-12)14(22-3)19-13(11)21/h8-10,12,16-17H,4-7H2,1-3H3/t9-,10+,12?/m1/s1. The smallest absolute Gasteiger partial charge is 0.295 e. The van der Waals surface area contributed by atoms with Crippen LogP contribution < -0.4 is 10.6 Å². The zero-order valence-electron chi connectivity index (χ0n) is 13.2. The Kier molecular flexibility index (Phi) is 4.30.